The lowest BCUT2D eigenvalue weighted by Gasteiger charge is -2.31. The summed E-state index contributed by atoms with van der Waals surface area (Å²) in [4.78, 5) is 11.5. The molecule has 1 atom stereocenters. The third kappa shape index (κ3) is 4.94. The highest BCUT2D eigenvalue weighted by Gasteiger charge is 2.31. The second kappa shape index (κ2) is 6.21. The Kier molecular flexibility index (Phi) is 5.22. The van der Waals surface area contributed by atoms with Crippen molar-refractivity contribution in [2.24, 2.45) is 0 Å². The maximum absolute atomic E-state index is 11.5. The highest BCUT2D eigenvalue weighted by molar-refractivity contribution is 5.76. The van der Waals surface area contributed by atoms with E-state index in [0.717, 1.165) is 32.1 Å². The zero-order chi connectivity index (χ0) is 12.0. The highest BCUT2D eigenvalue weighted by atomic mass is 16.3. The van der Waals surface area contributed by atoms with Gasteiger partial charge in [0.2, 0.25) is 5.91 Å². The Bertz CT molecular complexity index is 222. The number of nitrogens with one attached hydrogen (secondary N) is 1. The summed E-state index contributed by atoms with van der Waals surface area (Å²) in [5.41, 5.74) is -0.785. The van der Waals surface area contributed by atoms with Gasteiger partial charge in [-0.3, -0.25) is 4.79 Å². The lowest BCUT2D eigenvalue weighted by atomic mass is 9.82. The van der Waals surface area contributed by atoms with Crippen molar-refractivity contribution in [3.8, 4) is 0 Å². The third-order valence-electron chi connectivity index (χ3n) is 3.16. The van der Waals surface area contributed by atoms with Crippen LogP contribution in [0.3, 0.4) is 0 Å². The molecule has 0 bridgehead atoms. The Hall–Kier alpha value is -0.610. The van der Waals surface area contributed by atoms with E-state index in [4.69, 9.17) is 5.11 Å². The predicted molar refractivity (Wildman–Crippen MR) is 62.0 cm³/mol. The van der Waals surface area contributed by atoms with Gasteiger partial charge in [-0.1, -0.05) is 19.3 Å². The topological polar surface area (TPSA) is 69.6 Å². The summed E-state index contributed by atoms with van der Waals surface area (Å²) in [5.74, 6) is -0.106. The molecule has 4 nitrogen and oxygen atoms in total. The van der Waals surface area contributed by atoms with Gasteiger partial charge in [0, 0.05) is 6.54 Å². The molecule has 1 fully saturated rings. The summed E-state index contributed by atoms with van der Waals surface area (Å²) in [7, 11) is 0. The zero-order valence-corrected chi connectivity index (χ0v) is 10.0. The number of hydrogen-bond donors (Lipinski definition) is 3. The molecule has 0 aliphatic heterocycles. The van der Waals surface area contributed by atoms with Crippen molar-refractivity contribution in [2.45, 2.75) is 63.6 Å². The molecule has 0 heterocycles. The lowest BCUT2D eigenvalue weighted by Crippen LogP contribution is -2.39. The van der Waals surface area contributed by atoms with Crippen molar-refractivity contribution >= 4 is 5.91 Å². The minimum absolute atomic E-state index is 0.106. The molecule has 0 radical (unpaired) electrons. The summed E-state index contributed by atoms with van der Waals surface area (Å²) in [5, 5.41) is 21.9. The number of amides is 1. The number of aliphatic hydroxyl groups is 2. The van der Waals surface area contributed by atoms with Crippen molar-refractivity contribution < 1.29 is 15.0 Å². The van der Waals surface area contributed by atoms with Crippen LogP contribution >= 0.6 is 0 Å². The molecular weight excluding hydrogens is 206 g/mol. The molecule has 0 aromatic carbocycles. The fourth-order valence-corrected chi connectivity index (χ4v) is 2.17. The normalized spacial score (nSPS) is 21.4. The number of hydrogen-bond acceptors (Lipinski definition) is 3. The Morgan fingerprint density at radius 3 is 2.56 bits per heavy atom. The Morgan fingerprint density at radius 1 is 1.38 bits per heavy atom. The van der Waals surface area contributed by atoms with Gasteiger partial charge in [0.25, 0.3) is 0 Å². The molecule has 1 amide bonds. The monoisotopic (exact) mass is 229 g/mol. The van der Waals surface area contributed by atoms with E-state index in [0.29, 0.717) is 13.0 Å². The predicted octanol–water partition coefficient (Wildman–Crippen LogP) is 0.959. The van der Waals surface area contributed by atoms with Crippen LogP contribution < -0.4 is 5.32 Å². The number of carbonyl (C=O) groups is 1. The van der Waals surface area contributed by atoms with Crippen LogP contribution in [-0.4, -0.2) is 34.4 Å². The van der Waals surface area contributed by atoms with E-state index in [1.165, 1.54) is 0 Å². The van der Waals surface area contributed by atoms with E-state index in [2.05, 4.69) is 5.32 Å². The summed E-state index contributed by atoms with van der Waals surface area (Å²) < 4.78 is 0. The van der Waals surface area contributed by atoms with Gasteiger partial charge in [-0.15, -0.1) is 0 Å². The number of rotatable bonds is 5. The molecular formula is C12H23NO3. The molecule has 1 unspecified atom stereocenters. The summed E-state index contributed by atoms with van der Waals surface area (Å²) >= 11 is 0. The summed E-state index contributed by atoms with van der Waals surface area (Å²) in [6, 6.07) is 0. The van der Waals surface area contributed by atoms with E-state index in [9.17, 15) is 9.90 Å². The second-order valence-corrected chi connectivity index (χ2v) is 4.95. The van der Waals surface area contributed by atoms with Gasteiger partial charge in [0.05, 0.1) is 18.1 Å². The molecule has 3 N–H and O–H groups in total. The van der Waals surface area contributed by atoms with Gasteiger partial charge < -0.3 is 15.5 Å². The molecule has 16 heavy (non-hydrogen) atoms. The molecule has 1 aliphatic rings. The van der Waals surface area contributed by atoms with Crippen molar-refractivity contribution in [1.82, 2.24) is 5.32 Å². The zero-order valence-electron chi connectivity index (χ0n) is 10.0. The standard InChI is InChI=1S/C12H23NO3/c1-10(14)5-8-13-11(15)9-12(16)6-3-2-4-7-12/h10,14,16H,2-9H2,1H3,(H,13,15). The quantitative estimate of drug-likeness (QED) is 0.657. The molecule has 0 spiro atoms. The molecule has 1 saturated carbocycles. The Morgan fingerprint density at radius 2 is 2.00 bits per heavy atom. The van der Waals surface area contributed by atoms with Crippen LogP contribution in [-0.2, 0) is 4.79 Å². The van der Waals surface area contributed by atoms with Crippen molar-refractivity contribution in [3.05, 3.63) is 0 Å². The smallest absolute Gasteiger partial charge is 0.222 e. The first kappa shape index (κ1) is 13.5. The van der Waals surface area contributed by atoms with E-state index in [-0.39, 0.29) is 12.3 Å². The maximum Gasteiger partial charge on any atom is 0.222 e. The summed E-state index contributed by atoms with van der Waals surface area (Å²) in [6.07, 6.45) is 5.02. The van der Waals surface area contributed by atoms with Crippen molar-refractivity contribution in [2.75, 3.05) is 6.54 Å². The largest absolute Gasteiger partial charge is 0.393 e. The number of carbonyl (C=O) groups excluding carboxylic acids is 1. The van der Waals surface area contributed by atoms with Gasteiger partial charge in [-0.2, -0.15) is 0 Å². The minimum Gasteiger partial charge on any atom is -0.393 e. The van der Waals surface area contributed by atoms with Gasteiger partial charge in [-0.25, -0.2) is 0 Å². The van der Waals surface area contributed by atoms with Crippen molar-refractivity contribution in [1.29, 1.82) is 0 Å². The fourth-order valence-electron chi connectivity index (χ4n) is 2.17. The Labute approximate surface area is 97.0 Å². The Balaban J connectivity index is 2.22. The molecule has 0 aromatic heterocycles. The van der Waals surface area contributed by atoms with Crippen LogP contribution in [0.4, 0.5) is 0 Å². The van der Waals surface area contributed by atoms with Crippen LogP contribution in [0.25, 0.3) is 0 Å². The van der Waals surface area contributed by atoms with E-state index in [1.54, 1.807) is 6.92 Å². The SMILES string of the molecule is CC(O)CCNC(=O)CC1(O)CCCCC1. The van der Waals surface area contributed by atoms with E-state index >= 15 is 0 Å². The third-order valence-corrected chi connectivity index (χ3v) is 3.16. The van der Waals surface area contributed by atoms with Gasteiger partial charge in [0.1, 0.15) is 0 Å². The first-order valence-electron chi connectivity index (χ1n) is 6.19. The van der Waals surface area contributed by atoms with Gasteiger partial charge in [0.15, 0.2) is 0 Å². The molecule has 1 rings (SSSR count). The molecule has 0 aromatic rings. The van der Waals surface area contributed by atoms with Gasteiger partial charge in [-0.05, 0) is 26.2 Å². The summed E-state index contributed by atoms with van der Waals surface area (Å²) in [6.45, 7) is 2.17. The van der Waals surface area contributed by atoms with Crippen LogP contribution in [0.5, 0.6) is 0 Å². The van der Waals surface area contributed by atoms with Crippen LogP contribution in [0.15, 0.2) is 0 Å². The molecule has 0 saturated heterocycles. The minimum atomic E-state index is -0.785. The molecule has 94 valence electrons. The fraction of sp³-hybridized carbons (Fsp3) is 0.917. The first-order valence-corrected chi connectivity index (χ1v) is 6.19. The van der Waals surface area contributed by atoms with E-state index in [1.807, 2.05) is 0 Å². The lowest BCUT2D eigenvalue weighted by molar-refractivity contribution is -0.127. The van der Waals surface area contributed by atoms with Crippen LogP contribution in [0, 0.1) is 0 Å². The molecule has 1 aliphatic carbocycles. The second-order valence-electron chi connectivity index (χ2n) is 4.95. The average Bonchev–Trinajstić information content (AvgIpc) is 2.17. The molecule has 4 heteroatoms. The highest BCUT2D eigenvalue weighted by Crippen LogP contribution is 2.30. The maximum atomic E-state index is 11.5. The van der Waals surface area contributed by atoms with Crippen LogP contribution in [0.2, 0.25) is 0 Å². The van der Waals surface area contributed by atoms with Gasteiger partial charge >= 0.3 is 0 Å². The average molecular weight is 229 g/mol. The van der Waals surface area contributed by atoms with Crippen molar-refractivity contribution in [3.63, 3.8) is 0 Å². The van der Waals surface area contributed by atoms with Crippen LogP contribution in [0.1, 0.15) is 51.9 Å². The first-order chi connectivity index (χ1) is 7.52. The van der Waals surface area contributed by atoms with E-state index < -0.39 is 11.7 Å². The number of aliphatic hydroxyl groups excluding tert-OH is 1.